The summed E-state index contributed by atoms with van der Waals surface area (Å²) in [7, 11) is 0. The van der Waals surface area contributed by atoms with Crippen molar-refractivity contribution >= 4 is 39.1 Å². The molecule has 0 spiro atoms. The summed E-state index contributed by atoms with van der Waals surface area (Å²) in [4.78, 5) is 18.3. The molecule has 0 atom stereocenters. The first-order chi connectivity index (χ1) is 13.7. The van der Waals surface area contributed by atoms with Crippen LogP contribution in [0.2, 0.25) is 0 Å². The third-order valence-electron chi connectivity index (χ3n) is 5.26. The lowest BCUT2D eigenvalue weighted by atomic mass is 10.2. The van der Waals surface area contributed by atoms with E-state index >= 15 is 0 Å². The van der Waals surface area contributed by atoms with Gasteiger partial charge in [0.05, 0.1) is 17.7 Å². The molecule has 148 valence electrons. The van der Waals surface area contributed by atoms with Crippen LogP contribution in [0.4, 0.5) is 5.82 Å². The Hall–Kier alpha value is -1.67. The number of thiophene rings is 1. The van der Waals surface area contributed by atoms with E-state index in [1.54, 1.807) is 23.1 Å². The van der Waals surface area contributed by atoms with Gasteiger partial charge in [0.15, 0.2) is 0 Å². The molecule has 3 heterocycles. The number of aliphatic hydroxyl groups is 1. The van der Waals surface area contributed by atoms with Crippen molar-refractivity contribution in [2.24, 2.45) is 0 Å². The zero-order valence-electron chi connectivity index (χ0n) is 16.4. The Balaban J connectivity index is 1.62. The average Bonchev–Trinajstić information content (AvgIpc) is 3.01. The highest BCUT2D eigenvalue weighted by Gasteiger charge is 2.23. The fourth-order valence-corrected chi connectivity index (χ4v) is 5.37. The Bertz CT molecular complexity index is 936. The molecule has 1 aliphatic rings. The van der Waals surface area contributed by atoms with Gasteiger partial charge in [-0.05, 0) is 31.5 Å². The minimum absolute atomic E-state index is 0.224. The number of β-amino-alcohol motifs (C(OH)–C–C–N with tert-alkyl or cyclic N) is 1. The van der Waals surface area contributed by atoms with E-state index in [1.807, 2.05) is 6.07 Å². The molecule has 0 saturated carbocycles. The van der Waals surface area contributed by atoms with Crippen LogP contribution in [-0.2, 0) is 5.75 Å². The molecule has 0 radical (unpaired) electrons. The lowest BCUT2D eigenvalue weighted by molar-refractivity contribution is 0.188. The first kappa shape index (κ1) is 19.6. The third-order valence-corrected chi connectivity index (χ3v) is 7.36. The highest BCUT2D eigenvalue weighted by atomic mass is 32.2. The van der Waals surface area contributed by atoms with Gasteiger partial charge in [0, 0.05) is 42.5 Å². The molecule has 3 aromatic rings. The highest BCUT2D eigenvalue weighted by Crippen LogP contribution is 2.36. The molecule has 28 heavy (non-hydrogen) atoms. The third kappa shape index (κ3) is 4.17. The second-order valence-corrected chi connectivity index (χ2v) is 9.33. The first-order valence-electron chi connectivity index (χ1n) is 9.68. The van der Waals surface area contributed by atoms with Crippen LogP contribution in [0, 0.1) is 13.8 Å². The molecule has 4 rings (SSSR count). The number of nitrogens with zero attached hydrogens (tertiary/aromatic N) is 4. The molecule has 1 aliphatic heterocycles. The summed E-state index contributed by atoms with van der Waals surface area (Å²) >= 11 is 3.55. The van der Waals surface area contributed by atoms with Gasteiger partial charge in [-0.1, -0.05) is 18.2 Å². The molecule has 1 saturated heterocycles. The minimum atomic E-state index is 0.224. The van der Waals surface area contributed by atoms with Crippen LogP contribution >= 0.6 is 23.1 Å². The second kappa shape index (κ2) is 8.78. The van der Waals surface area contributed by atoms with Crippen LogP contribution in [-0.4, -0.2) is 59.3 Å². The smallest absolute Gasteiger partial charge is 0.142 e. The molecule has 0 unspecified atom stereocenters. The number of benzene rings is 1. The van der Waals surface area contributed by atoms with Crippen LogP contribution < -0.4 is 4.90 Å². The zero-order chi connectivity index (χ0) is 19.5. The summed E-state index contributed by atoms with van der Waals surface area (Å²) < 4.78 is 0. The molecule has 5 nitrogen and oxygen atoms in total. The fourth-order valence-electron chi connectivity index (χ4n) is 3.55. The lowest BCUT2D eigenvalue weighted by Crippen LogP contribution is -2.47. The van der Waals surface area contributed by atoms with Crippen LogP contribution in [0.25, 0.3) is 10.2 Å². The van der Waals surface area contributed by atoms with Crippen molar-refractivity contribution in [3.05, 3.63) is 46.6 Å². The largest absolute Gasteiger partial charge is 0.395 e. The maximum absolute atomic E-state index is 9.19. The van der Waals surface area contributed by atoms with Crippen molar-refractivity contribution in [1.82, 2.24) is 14.9 Å². The van der Waals surface area contributed by atoms with Crippen molar-refractivity contribution in [3.63, 3.8) is 0 Å². The summed E-state index contributed by atoms with van der Waals surface area (Å²) in [6, 6.07) is 10.4. The molecule has 1 N–H and O–H groups in total. The monoisotopic (exact) mass is 414 g/mol. The van der Waals surface area contributed by atoms with E-state index in [0.717, 1.165) is 54.9 Å². The second-order valence-electron chi connectivity index (χ2n) is 7.08. The topological polar surface area (TPSA) is 52.5 Å². The molecule has 1 fully saturated rings. The number of aliphatic hydroxyl groups excluding tert-OH is 1. The number of rotatable bonds is 6. The number of piperazine rings is 1. The van der Waals surface area contributed by atoms with Gasteiger partial charge >= 0.3 is 0 Å². The van der Waals surface area contributed by atoms with Crippen LogP contribution in [0.15, 0.2) is 35.2 Å². The van der Waals surface area contributed by atoms with E-state index in [4.69, 9.17) is 9.97 Å². The Kier molecular flexibility index (Phi) is 6.16. The van der Waals surface area contributed by atoms with Gasteiger partial charge in [-0.25, -0.2) is 9.97 Å². The first-order valence-corrected chi connectivity index (χ1v) is 11.5. The number of hydrogen-bond acceptors (Lipinski definition) is 7. The van der Waals surface area contributed by atoms with E-state index in [0.29, 0.717) is 0 Å². The lowest BCUT2D eigenvalue weighted by Gasteiger charge is -2.35. The van der Waals surface area contributed by atoms with Crippen molar-refractivity contribution < 1.29 is 5.11 Å². The predicted molar refractivity (Wildman–Crippen MR) is 119 cm³/mol. The number of aryl methyl sites for hydroxylation is 2. The quantitative estimate of drug-likeness (QED) is 0.621. The van der Waals surface area contributed by atoms with Gasteiger partial charge in [0.1, 0.15) is 16.5 Å². The van der Waals surface area contributed by atoms with E-state index in [2.05, 4.69) is 47.9 Å². The molecule has 1 aromatic carbocycles. The van der Waals surface area contributed by atoms with E-state index < -0.39 is 0 Å². The Morgan fingerprint density at radius 2 is 1.82 bits per heavy atom. The summed E-state index contributed by atoms with van der Waals surface area (Å²) in [5.74, 6) is 2.75. The highest BCUT2D eigenvalue weighted by molar-refractivity contribution is 7.98. The molecule has 0 bridgehead atoms. The summed E-state index contributed by atoms with van der Waals surface area (Å²) in [5.41, 5.74) is 1.30. The molecular formula is C21H26N4OS2. The normalized spacial score (nSPS) is 15.5. The number of thioether (sulfide) groups is 1. The molecule has 0 aliphatic carbocycles. The van der Waals surface area contributed by atoms with Crippen LogP contribution in [0.1, 0.15) is 16.3 Å². The predicted octanol–water partition coefficient (Wildman–Crippen LogP) is 3.71. The van der Waals surface area contributed by atoms with E-state index in [-0.39, 0.29) is 6.61 Å². The number of aromatic nitrogens is 2. The van der Waals surface area contributed by atoms with Gasteiger partial charge in [0.2, 0.25) is 0 Å². The van der Waals surface area contributed by atoms with Gasteiger partial charge in [0.25, 0.3) is 0 Å². The standard InChI is InChI=1S/C21H26N4OS2/c1-15-16(2)28-21-19(15)20(25-10-8-24(9-11-25)12-13-26)22-18(23-21)14-27-17-6-4-3-5-7-17/h3-7,26H,8-14H2,1-2H3. The average molecular weight is 415 g/mol. The summed E-state index contributed by atoms with van der Waals surface area (Å²) in [5, 5.41) is 10.4. The van der Waals surface area contributed by atoms with Crippen molar-refractivity contribution in [2.75, 3.05) is 44.2 Å². The van der Waals surface area contributed by atoms with Crippen molar-refractivity contribution in [1.29, 1.82) is 0 Å². The molecule has 7 heteroatoms. The Morgan fingerprint density at radius 1 is 1.07 bits per heavy atom. The Labute approximate surface area is 174 Å². The van der Waals surface area contributed by atoms with Crippen LogP contribution in [0.5, 0.6) is 0 Å². The summed E-state index contributed by atoms with van der Waals surface area (Å²) in [6.45, 7) is 9.12. The number of hydrogen-bond donors (Lipinski definition) is 1. The maximum Gasteiger partial charge on any atom is 0.142 e. The van der Waals surface area contributed by atoms with Crippen molar-refractivity contribution in [3.8, 4) is 0 Å². The summed E-state index contributed by atoms with van der Waals surface area (Å²) in [6.07, 6.45) is 0. The van der Waals surface area contributed by atoms with Gasteiger partial charge in [-0.2, -0.15) is 0 Å². The molecule has 0 amide bonds. The SMILES string of the molecule is Cc1sc2nc(CSc3ccccc3)nc(N3CCN(CCO)CC3)c2c1C. The number of fused-ring (bicyclic) bond motifs is 1. The molecular weight excluding hydrogens is 388 g/mol. The minimum Gasteiger partial charge on any atom is -0.395 e. The Morgan fingerprint density at radius 3 is 2.54 bits per heavy atom. The van der Waals surface area contributed by atoms with Gasteiger partial charge in [-0.3, -0.25) is 4.90 Å². The molecule has 2 aromatic heterocycles. The number of anilines is 1. The fraction of sp³-hybridized carbons (Fsp3) is 0.429. The maximum atomic E-state index is 9.19. The van der Waals surface area contributed by atoms with E-state index in [9.17, 15) is 5.11 Å². The van der Waals surface area contributed by atoms with Crippen molar-refractivity contribution in [2.45, 2.75) is 24.5 Å². The van der Waals surface area contributed by atoms with E-state index in [1.165, 1.54) is 20.7 Å². The van der Waals surface area contributed by atoms with Crippen LogP contribution in [0.3, 0.4) is 0 Å². The van der Waals surface area contributed by atoms with Gasteiger partial charge < -0.3 is 10.0 Å². The zero-order valence-corrected chi connectivity index (χ0v) is 18.0. The van der Waals surface area contributed by atoms with Gasteiger partial charge in [-0.15, -0.1) is 23.1 Å².